The van der Waals surface area contributed by atoms with Crippen LogP contribution in [0.15, 0.2) is 10.9 Å². The average molecular weight is 153 g/mol. The number of anilines is 1. The number of hydrogen-bond acceptors (Lipinski definition) is 3. The van der Waals surface area contributed by atoms with E-state index in [1.54, 1.807) is 0 Å². The highest BCUT2D eigenvalue weighted by molar-refractivity contribution is 5.38. The number of hydrogen-bond donors (Lipinski definition) is 2. The van der Waals surface area contributed by atoms with Crippen LogP contribution in [0.5, 0.6) is 0 Å². The maximum Gasteiger partial charge on any atom is 0.264 e. The topological polar surface area (TPSA) is 71.8 Å². The average Bonchev–Trinajstić information content (AvgIpc) is 1.94. The van der Waals surface area contributed by atoms with E-state index in [-0.39, 0.29) is 11.5 Å². The fourth-order valence-corrected chi connectivity index (χ4v) is 0.890. The second kappa shape index (κ2) is 2.74. The van der Waals surface area contributed by atoms with Gasteiger partial charge in [0, 0.05) is 11.6 Å². The van der Waals surface area contributed by atoms with Crippen LogP contribution in [-0.4, -0.2) is 10.2 Å². The van der Waals surface area contributed by atoms with Gasteiger partial charge in [0.15, 0.2) is 0 Å². The quantitative estimate of drug-likeness (QED) is 0.616. The van der Waals surface area contributed by atoms with Gasteiger partial charge in [-0.2, -0.15) is 5.10 Å². The molecule has 1 aromatic rings. The van der Waals surface area contributed by atoms with E-state index in [0.29, 0.717) is 5.82 Å². The van der Waals surface area contributed by atoms with Crippen molar-refractivity contribution in [1.29, 1.82) is 0 Å². The molecule has 60 valence electrons. The second-order valence-electron chi connectivity index (χ2n) is 2.73. The van der Waals surface area contributed by atoms with Crippen LogP contribution < -0.4 is 11.3 Å². The summed E-state index contributed by atoms with van der Waals surface area (Å²) in [5.41, 5.74) is 6.10. The first-order valence-corrected chi connectivity index (χ1v) is 3.46. The van der Waals surface area contributed by atoms with Crippen molar-refractivity contribution >= 4 is 5.82 Å². The Bertz CT molecular complexity index is 303. The molecular weight excluding hydrogens is 142 g/mol. The van der Waals surface area contributed by atoms with Crippen molar-refractivity contribution in [3.63, 3.8) is 0 Å². The number of aromatic amines is 1. The lowest BCUT2D eigenvalue weighted by Crippen LogP contribution is -2.12. The van der Waals surface area contributed by atoms with Gasteiger partial charge in [-0.15, -0.1) is 0 Å². The van der Waals surface area contributed by atoms with Crippen molar-refractivity contribution in [3.8, 4) is 0 Å². The predicted octanol–water partition coefficient (Wildman–Crippen LogP) is 0.476. The van der Waals surface area contributed by atoms with Crippen molar-refractivity contribution in [3.05, 3.63) is 22.0 Å². The first-order chi connectivity index (χ1) is 5.11. The van der Waals surface area contributed by atoms with Crippen molar-refractivity contribution < 1.29 is 0 Å². The lowest BCUT2D eigenvalue weighted by molar-refractivity contribution is 0.840. The molecule has 4 heteroatoms. The molecule has 4 nitrogen and oxygen atoms in total. The smallest absolute Gasteiger partial charge is 0.264 e. The van der Waals surface area contributed by atoms with Gasteiger partial charge in [-0.3, -0.25) is 4.79 Å². The minimum absolute atomic E-state index is 0.206. The maximum absolute atomic E-state index is 10.8. The summed E-state index contributed by atoms with van der Waals surface area (Å²) in [5.74, 6) is 0.643. The van der Waals surface area contributed by atoms with Gasteiger partial charge in [-0.05, 0) is 5.92 Å². The highest BCUT2D eigenvalue weighted by atomic mass is 16.1. The number of nitrogens with zero attached hydrogens (tertiary/aromatic N) is 1. The van der Waals surface area contributed by atoms with Crippen LogP contribution in [0.4, 0.5) is 5.82 Å². The molecule has 0 radical (unpaired) electrons. The van der Waals surface area contributed by atoms with Gasteiger partial charge in [0.2, 0.25) is 0 Å². The highest BCUT2D eigenvalue weighted by Crippen LogP contribution is 2.15. The molecule has 0 aliphatic heterocycles. The molecule has 1 heterocycles. The van der Waals surface area contributed by atoms with Crippen LogP contribution in [0.2, 0.25) is 0 Å². The van der Waals surface area contributed by atoms with E-state index >= 15 is 0 Å². The van der Waals surface area contributed by atoms with Crippen LogP contribution in [0.1, 0.15) is 25.3 Å². The largest absolute Gasteiger partial charge is 0.382 e. The Hall–Kier alpha value is -1.32. The fourth-order valence-electron chi connectivity index (χ4n) is 0.890. The Kier molecular flexibility index (Phi) is 1.94. The molecule has 0 aromatic carbocycles. The molecule has 0 amide bonds. The van der Waals surface area contributed by atoms with E-state index < -0.39 is 0 Å². The molecule has 0 fully saturated rings. The van der Waals surface area contributed by atoms with Crippen LogP contribution in [-0.2, 0) is 0 Å². The molecule has 0 bridgehead atoms. The molecule has 11 heavy (non-hydrogen) atoms. The third-order valence-corrected chi connectivity index (χ3v) is 1.49. The summed E-state index contributed by atoms with van der Waals surface area (Å²) >= 11 is 0. The van der Waals surface area contributed by atoms with Crippen molar-refractivity contribution in [2.24, 2.45) is 0 Å². The molecule has 0 saturated carbocycles. The normalized spacial score (nSPS) is 10.5. The molecule has 0 atom stereocenters. The molecular formula is C7H11N3O. The first kappa shape index (κ1) is 7.78. The van der Waals surface area contributed by atoms with Crippen LogP contribution in [0.25, 0.3) is 0 Å². The number of rotatable bonds is 1. The van der Waals surface area contributed by atoms with Gasteiger partial charge in [0.25, 0.3) is 5.56 Å². The monoisotopic (exact) mass is 153 g/mol. The SMILES string of the molecule is CC(C)c1cc(=O)[nH]nc1N. The zero-order valence-corrected chi connectivity index (χ0v) is 6.59. The Balaban J connectivity index is 3.23. The maximum atomic E-state index is 10.8. The van der Waals surface area contributed by atoms with Crippen molar-refractivity contribution in [2.75, 3.05) is 5.73 Å². The Morgan fingerprint density at radius 2 is 2.27 bits per heavy atom. The van der Waals surface area contributed by atoms with Crippen LogP contribution >= 0.6 is 0 Å². The Morgan fingerprint density at radius 3 is 2.73 bits per heavy atom. The van der Waals surface area contributed by atoms with E-state index in [1.165, 1.54) is 6.07 Å². The molecule has 1 rings (SSSR count). The Labute approximate surface area is 64.4 Å². The number of nitrogens with two attached hydrogens (primary N) is 1. The minimum Gasteiger partial charge on any atom is -0.382 e. The van der Waals surface area contributed by atoms with Gasteiger partial charge in [0.1, 0.15) is 5.82 Å². The molecule has 1 aromatic heterocycles. The molecule has 0 aliphatic carbocycles. The molecule has 0 unspecified atom stereocenters. The van der Waals surface area contributed by atoms with E-state index in [4.69, 9.17) is 5.73 Å². The summed E-state index contributed by atoms with van der Waals surface area (Å²) in [5, 5.41) is 5.90. The van der Waals surface area contributed by atoms with Gasteiger partial charge < -0.3 is 5.73 Å². The highest BCUT2D eigenvalue weighted by Gasteiger charge is 2.04. The summed E-state index contributed by atoms with van der Waals surface area (Å²) < 4.78 is 0. The van der Waals surface area contributed by atoms with Gasteiger partial charge in [-0.1, -0.05) is 13.8 Å². The van der Waals surface area contributed by atoms with Gasteiger partial charge in [-0.25, -0.2) is 5.10 Å². The first-order valence-electron chi connectivity index (χ1n) is 3.46. The molecule has 0 aliphatic rings. The summed E-state index contributed by atoms with van der Waals surface area (Å²) in [6.45, 7) is 3.93. The lowest BCUT2D eigenvalue weighted by Gasteiger charge is -2.05. The third kappa shape index (κ3) is 1.58. The van der Waals surface area contributed by atoms with E-state index in [9.17, 15) is 4.79 Å². The minimum atomic E-state index is -0.206. The van der Waals surface area contributed by atoms with Gasteiger partial charge in [0.05, 0.1) is 0 Å². The van der Waals surface area contributed by atoms with Crippen molar-refractivity contribution in [2.45, 2.75) is 19.8 Å². The summed E-state index contributed by atoms with van der Waals surface area (Å²) in [4.78, 5) is 10.8. The van der Waals surface area contributed by atoms with Crippen LogP contribution in [0, 0.1) is 0 Å². The van der Waals surface area contributed by atoms with Crippen LogP contribution in [0.3, 0.4) is 0 Å². The standard InChI is InChI=1S/C7H11N3O/c1-4(2)5-3-6(11)9-10-7(5)8/h3-4H,1-2H3,(H2,8,10)(H,9,11). The molecule has 0 spiro atoms. The second-order valence-corrected chi connectivity index (χ2v) is 2.73. The number of H-pyrrole nitrogens is 1. The fraction of sp³-hybridized carbons (Fsp3) is 0.429. The molecule has 3 N–H and O–H groups in total. The third-order valence-electron chi connectivity index (χ3n) is 1.49. The molecule has 0 saturated heterocycles. The van der Waals surface area contributed by atoms with E-state index in [1.807, 2.05) is 13.8 Å². The Morgan fingerprint density at radius 1 is 1.64 bits per heavy atom. The predicted molar refractivity (Wildman–Crippen MR) is 43.4 cm³/mol. The number of aromatic nitrogens is 2. The summed E-state index contributed by atoms with van der Waals surface area (Å²) in [6.07, 6.45) is 0. The lowest BCUT2D eigenvalue weighted by atomic mass is 10.1. The summed E-state index contributed by atoms with van der Waals surface area (Å²) in [7, 11) is 0. The van der Waals surface area contributed by atoms with E-state index in [2.05, 4.69) is 10.2 Å². The zero-order valence-electron chi connectivity index (χ0n) is 6.59. The summed E-state index contributed by atoms with van der Waals surface area (Å²) in [6, 6.07) is 1.48. The zero-order chi connectivity index (χ0) is 8.43. The van der Waals surface area contributed by atoms with Gasteiger partial charge >= 0.3 is 0 Å². The van der Waals surface area contributed by atoms with E-state index in [0.717, 1.165) is 5.56 Å². The van der Waals surface area contributed by atoms with Crippen molar-refractivity contribution in [1.82, 2.24) is 10.2 Å². The number of nitrogens with one attached hydrogen (secondary N) is 1. The number of nitrogen functional groups attached to an aromatic ring is 1.